The van der Waals surface area contributed by atoms with Gasteiger partial charge in [-0.2, -0.15) is 0 Å². The van der Waals surface area contributed by atoms with Gasteiger partial charge in [-0.3, -0.25) is 4.90 Å². The topological polar surface area (TPSA) is 24.5 Å². The molecule has 1 saturated carbocycles. The van der Waals surface area contributed by atoms with Crippen molar-refractivity contribution in [3.05, 3.63) is 0 Å². The monoisotopic (exact) mass is 282 g/mol. The lowest BCUT2D eigenvalue weighted by atomic mass is 9.80. The van der Waals surface area contributed by atoms with Crippen LogP contribution in [0.3, 0.4) is 0 Å². The highest BCUT2D eigenvalue weighted by Crippen LogP contribution is 2.40. The number of nitrogens with zero attached hydrogens (tertiary/aromatic N) is 1. The second kappa shape index (κ2) is 7.77. The molecule has 20 heavy (non-hydrogen) atoms. The number of ether oxygens (including phenoxy) is 1. The molecule has 1 aliphatic heterocycles. The van der Waals surface area contributed by atoms with Crippen LogP contribution < -0.4 is 5.32 Å². The molecule has 2 unspecified atom stereocenters. The summed E-state index contributed by atoms with van der Waals surface area (Å²) in [5.74, 6) is 0.830. The van der Waals surface area contributed by atoms with E-state index in [1.54, 1.807) is 0 Å². The summed E-state index contributed by atoms with van der Waals surface area (Å²) in [6.45, 7) is 8.82. The predicted molar refractivity (Wildman–Crippen MR) is 85.1 cm³/mol. The van der Waals surface area contributed by atoms with Crippen LogP contribution in [-0.2, 0) is 4.74 Å². The third kappa shape index (κ3) is 3.55. The summed E-state index contributed by atoms with van der Waals surface area (Å²) in [6.07, 6.45) is 9.53. The Morgan fingerprint density at radius 3 is 2.40 bits per heavy atom. The van der Waals surface area contributed by atoms with E-state index in [2.05, 4.69) is 31.1 Å². The highest BCUT2D eigenvalue weighted by atomic mass is 16.5. The van der Waals surface area contributed by atoms with E-state index >= 15 is 0 Å². The number of hydrogen-bond donors (Lipinski definition) is 1. The van der Waals surface area contributed by atoms with Gasteiger partial charge in [0, 0.05) is 24.7 Å². The quantitative estimate of drug-likeness (QED) is 0.777. The van der Waals surface area contributed by atoms with Crippen molar-refractivity contribution in [1.29, 1.82) is 0 Å². The molecule has 2 aliphatic rings. The maximum atomic E-state index is 5.58. The van der Waals surface area contributed by atoms with Gasteiger partial charge in [-0.15, -0.1) is 0 Å². The number of nitrogens with one attached hydrogen (secondary N) is 1. The molecule has 1 aliphatic carbocycles. The van der Waals surface area contributed by atoms with E-state index in [9.17, 15) is 0 Å². The van der Waals surface area contributed by atoms with Crippen molar-refractivity contribution < 1.29 is 4.74 Å². The molecule has 0 radical (unpaired) electrons. The van der Waals surface area contributed by atoms with Crippen molar-refractivity contribution in [2.75, 3.05) is 33.4 Å². The van der Waals surface area contributed by atoms with E-state index < -0.39 is 0 Å². The van der Waals surface area contributed by atoms with Gasteiger partial charge in [0.1, 0.15) is 0 Å². The molecule has 0 bridgehead atoms. The van der Waals surface area contributed by atoms with Gasteiger partial charge >= 0.3 is 0 Å². The summed E-state index contributed by atoms with van der Waals surface area (Å²) < 4.78 is 5.58. The number of likely N-dealkylation sites (N-methyl/N-ethyl adjacent to an activating group) is 1. The predicted octanol–water partition coefficient (Wildman–Crippen LogP) is 3.05. The van der Waals surface area contributed by atoms with Gasteiger partial charge in [-0.05, 0) is 32.2 Å². The number of rotatable bonds is 7. The first-order valence-electron chi connectivity index (χ1n) is 8.73. The zero-order valence-corrected chi connectivity index (χ0v) is 13.8. The Hall–Kier alpha value is -0.120. The zero-order valence-electron chi connectivity index (χ0n) is 13.8. The smallest absolute Gasteiger partial charge is 0.0594 e. The van der Waals surface area contributed by atoms with Crippen molar-refractivity contribution >= 4 is 0 Å². The summed E-state index contributed by atoms with van der Waals surface area (Å²) in [7, 11) is 2.17. The van der Waals surface area contributed by atoms with Gasteiger partial charge in [-0.25, -0.2) is 0 Å². The minimum Gasteiger partial charge on any atom is -0.379 e. The van der Waals surface area contributed by atoms with E-state index in [0.29, 0.717) is 11.6 Å². The molecule has 0 aromatic rings. The van der Waals surface area contributed by atoms with Crippen LogP contribution in [0.1, 0.15) is 58.8 Å². The van der Waals surface area contributed by atoms with Crippen molar-refractivity contribution in [2.24, 2.45) is 5.92 Å². The van der Waals surface area contributed by atoms with Crippen molar-refractivity contribution in [2.45, 2.75) is 70.4 Å². The summed E-state index contributed by atoms with van der Waals surface area (Å²) in [4.78, 5) is 2.75. The molecule has 1 saturated heterocycles. The van der Waals surface area contributed by atoms with Crippen LogP contribution in [0.15, 0.2) is 0 Å². The Morgan fingerprint density at radius 2 is 1.85 bits per heavy atom. The average molecular weight is 282 g/mol. The van der Waals surface area contributed by atoms with Gasteiger partial charge in [0.2, 0.25) is 0 Å². The molecule has 3 nitrogen and oxygen atoms in total. The highest BCUT2D eigenvalue weighted by molar-refractivity contribution is 5.04. The van der Waals surface area contributed by atoms with Crippen molar-refractivity contribution in [1.82, 2.24) is 10.2 Å². The van der Waals surface area contributed by atoms with Crippen molar-refractivity contribution in [3.8, 4) is 0 Å². The van der Waals surface area contributed by atoms with Crippen LogP contribution in [0, 0.1) is 5.92 Å². The Bertz CT molecular complexity index is 270. The fourth-order valence-electron chi connectivity index (χ4n) is 4.50. The first-order chi connectivity index (χ1) is 9.73. The molecular formula is C17H34N2O. The van der Waals surface area contributed by atoms with Gasteiger partial charge in [0.15, 0.2) is 0 Å². The summed E-state index contributed by atoms with van der Waals surface area (Å²) in [6, 6.07) is 0.643. The standard InChI is InChI=1S/C17H34N2O/c1-4-7-15(2)14-16(18-3)17(8-5-6-9-17)19-10-12-20-13-11-19/h15-16,18H,4-14H2,1-3H3. The molecule has 2 rings (SSSR count). The molecule has 1 heterocycles. The Kier molecular flexibility index (Phi) is 6.31. The Labute approximate surface area is 125 Å². The molecule has 3 heteroatoms. The minimum atomic E-state index is 0.403. The SMILES string of the molecule is CCCC(C)CC(NC)C1(N2CCOCC2)CCCC1. The lowest BCUT2D eigenvalue weighted by molar-refractivity contribution is -0.0378. The van der Waals surface area contributed by atoms with Crippen LogP contribution in [0.5, 0.6) is 0 Å². The van der Waals surface area contributed by atoms with Crippen LogP contribution in [0.2, 0.25) is 0 Å². The third-order valence-electron chi connectivity index (χ3n) is 5.53. The fraction of sp³-hybridized carbons (Fsp3) is 1.00. The largest absolute Gasteiger partial charge is 0.379 e. The zero-order chi connectivity index (χ0) is 14.4. The molecule has 118 valence electrons. The van der Waals surface area contributed by atoms with E-state index in [4.69, 9.17) is 4.74 Å². The molecule has 0 aromatic carbocycles. The molecule has 1 N–H and O–H groups in total. The van der Waals surface area contributed by atoms with Gasteiger partial charge in [-0.1, -0.05) is 39.5 Å². The minimum absolute atomic E-state index is 0.403. The lowest BCUT2D eigenvalue weighted by Gasteiger charge is -2.49. The Morgan fingerprint density at radius 1 is 1.20 bits per heavy atom. The van der Waals surface area contributed by atoms with Crippen molar-refractivity contribution in [3.63, 3.8) is 0 Å². The van der Waals surface area contributed by atoms with Gasteiger partial charge in [0.25, 0.3) is 0 Å². The second-order valence-corrected chi connectivity index (χ2v) is 6.88. The van der Waals surface area contributed by atoms with E-state index in [1.807, 2.05) is 0 Å². The molecule has 2 atom stereocenters. The maximum Gasteiger partial charge on any atom is 0.0594 e. The molecular weight excluding hydrogens is 248 g/mol. The fourth-order valence-corrected chi connectivity index (χ4v) is 4.50. The summed E-state index contributed by atoms with van der Waals surface area (Å²) in [5, 5.41) is 3.69. The highest BCUT2D eigenvalue weighted by Gasteiger charge is 2.45. The second-order valence-electron chi connectivity index (χ2n) is 6.88. The van der Waals surface area contributed by atoms with E-state index in [-0.39, 0.29) is 0 Å². The van der Waals surface area contributed by atoms with Crippen LogP contribution in [0.25, 0.3) is 0 Å². The van der Waals surface area contributed by atoms with Gasteiger partial charge < -0.3 is 10.1 Å². The van der Waals surface area contributed by atoms with Crippen LogP contribution in [0.4, 0.5) is 0 Å². The normalized spacial score (nSPS) is 26.6. The Balaban J connectivity index is 2.07. The first kappa shape index (κ1) is 16.3. The molecule has 0 aromatic heterocycles. The molecule has 0 amide bonds. The maximum absolute atomic E-state index is 5.58. The summed E-state index contributed by atoms with van der Waals surface area (Å²) >= 11 is 0. The van der Waals surface area contributed by atoms with E-state index in [0.717, 1.165) is 32.2 Å². The third-order valence-corrected chi connectivity index (χ3v) is 5.53. The lowest BCUT2D eigenvalue weighted by Crippen LogP contribution is -2.62. The van der Waals surface area contributed by atoms with Crippen LogP contribution in [-0.4, -0.2) is 49.8 Å². The number of hydrogen-bond acceptors (Lipinski definition) is 3. The van der Waals surface area contributed by atoms with Crippen LogP contribution >= 0.6 is 0 Å². The molecule has 2 fully saturated rings. The average Bonchev–Trinajstić information content (AvgIpc) is 2.96. The van der Waals surface area contributed by atoms with E-state index in [1.165, 1.54) is 44.9 Å². The van der Waals surface area contributed by atoms with Gasteiger partial charge in [0.05, 0.1) is 13.2 Å². The number of morpholine rings is 1. The summed E-state index contributed by atoms with van der Waals surface area (Å²) in [5.41, 5.74) is 0.403. The molecule has 0 spiro atoms. The first-order valence-corrected chi connectivity index (χ1v) is 8.73.